The molecule has 0 radical (unpaired) electrons. The molecule has 4 heteroatoms. The minimum Gasteiger partial charge on any atom is -0.504 e. The monoisotopic (exact) mass is 406 g/mol. The maximum atomic E-state index is 13.1. The van der Waals surface area contributed by atoms with Crippen molar-refractivity contribution >= 4 is 27.5 Å². The van der Waals surface area contributed by atoms with Gasteiger partial charge in [0.15, 0.2) is 11.5 Å². The molecule has 0 unspecified atom stereocenters. The van der Waals surface area contributed by atoms with Crippen LogP contribution in [0, 0.1) is 0 Å². The SMILES string of the molecule is O=C(Oc1cc(Oc2ccccc2)c(O)c2ccccc12)c1cccc2ccccc12. The van der Waals surface area contributed by atoms with Gasteiger partial charge in [-0.2, -0.15) is 0 Å². The first kappa shape index (κ1) is 18.7. The number of phenols is 1. The van der Waals surface area contributed by atoms with Crippen LogP contribution in [0.4, 0.5) is 0 Å². The Balaban J connectivity index is 1.59. The fraction of sp³-hybridized carbons (Fsp3) is 0. The number of aromatic hydroxyl groups is 1. The second-order valence-electron chi connectivity index (χ2n) is 7.10. The number of fused-ring (bicyclic) bond motifs is 2. The maximum Gasteiger partial charge on any atom is 0.344 e. The number of carbonyl (C=O) groups excluding carboxylic acids is 1. The minimum absolute atomic E-state index is 0.00980. The standard InChI is InChI=1S/C27H18O4/c28-26-22-15-7-6-14-21(22)24(17-25(26)30-19-11-2-1-3-12-19)31-27(29)23-16-8-10-18-9-4-5-13-20(18)23/h1-17,28H. The van der Waals surface area contributed by atoms with Crippen LogP contribution in [0.15, 0.2) is 103 Å². The Morgan fingerprint density at radius 2 is 1.29 bits per heavy atom. The third-order valence-corrected chi connectivity index (χ3v) is 5.13. The number of phenolic OH excluding ortho intramolecular Hbond substituents is 1. The minimum atomic E-state index is -0.474. The summed E-state index contributed by atoms with van der Waals surface area (Å²) in [4.78, 5) is 13.1. The van der Waals surface area contributed by atoms with Gasteiger partial charge in [-0.25, -0.2) is 4.79 Å². The second kappa shape index (κ2) is 7.84. The molecule has 0 saturated heterocycles. The van der Waals surface area contributed by atoms with E-state index in [2.05, 4.69) is 0 Å². The first-order chi connectivity index (χ1) is 15.2. The normalized spacial score (nSPS) is 10.8. The molecule has 0 aliphatic carbocycles. The first-order valence-corrected chi connectivity index (χ1v) is 9.88. The lowest BCUT2D eigenvalue weighted by molar-refractivity contribution is 0.0739. The van der Waals surface area contributed by atoms with E-state index in [0.29, 0.717) is 27.8 Å². The Labute approximate surface area is 178 Å². The van der Waals surface area contributed by atoms with Crippen LogP contribution in [0.1, 0.15) is 10.4 Å². The van der Waals surface area contributed by atoms with Crippen LogP contribution in [0.25, 0.3) is 21.5 Å². The number of hydrogen-bond acceptors (Lipinski definition) is 4. The summed E-state index contributed by atoms with van der Waals surface area (Å²) >= 11 is 0. The Morgan fingerprint density at radius 1 is 0.645 bits per heavy atom. The summed E-state index contributed by atoms with van der Waals surface area (Å²) in [5.74, 6) is 0.616. The van der Waals surface area contributed by atoms with Gasteiger partial charge in [0.2, 0.25) is 0 Å². The molecule has 0 aromatic heterocycles. The van der Waals surface area contributed by atoms with Gasteiger partial charge in [0.1, 0.15) is 11.5 Å². The molecule has 0 fully saturated rings. The molecule has 31 heavy (non-hydrogen) atoms. The smallest absolute Gasteiger partial charge is 0.344 e. The molecule has 5 rings (SSSR count). The van der Waals surface area contributed by atoms with E-state index in [-0.39, 0.29) is 11.5 Å². The second-order valence-corrected chi connectivity index (χ2v) is 7.10. The van der Waals surface area contributed by atoms with Crippen molar-refractivity contribution in [3.05, 3.63) is 109 Å². The third kappa shape index (κ3) is 3.55. The Hall–Kier alpha value is -4.31. The summed E-state index contributed by atoms with van der Waals surface area (Å²) in [7, 11) is 0. The predicted octanol–water partition coefficient (Wildman–Crippen LogP) is 6.71. The van der Waals surface area contributed by atoms with Crippen molar-refractivity contribution in [2.24, 2.45) is 0 Å². The summed E-state index contributed by atoms with van der Waals surface area (Å²) in [6.45, 7) is 0. The Bertz CT molecular complexity index is 1400. The molecule has 0 aliphatic rings. The lowest BCUT2D eigenvalue weighted by Crippen LogP contribution is -2.09. The first-order valence-electron chi connectivity index (χ1n) is 9.88. The number of rotatable bonds is 4. The van der Waals surface area contributed by atoms with Gasteiger partial charge in [0, 0.05) is 16.8 Å². The van der Waals surface area contributed by atoms with E-state index in [1.807, 2.05) is 66.7 Å². The molecule has 0 spiro atoms. The molecule has 5 aromatic carbocycles. The van der Waals surface area contributed by atoms with Crippen molar-refractivity contribution in [1.82, 2.24) is 0 Å². The van der Waals surface area contributed by atoms with Crippen LogP contribution in [-0.4, -0.2) is 11.1 Å². The summed E-state index contributed by atoms with van der Waals surface area (Å²) in [6, 6.07) is 31.1. The molecule has 0 atom stereocenters. The molecule has 4 nitrogen and oxygen atoms in total. The highest BCUT2D eigenvalue weighted by Crippen LogP contribution is 2.42. The van der Waals surface area contributed by atoms with Gasteiger partial charge in [-0.3, -0.25) is 0 Å². The number of carbonyl (C=O) groups is 1. The maximum absolute atomic E-state index is 13.1. The molecule has 5 aromatic rings. The molecule has 0 bridgehead atoms. The topological polar surface area (TPSA) is 55.8 Å². The van der Waals surface area contributed by atoms with E-state index < -0.39 is 5.97 Å². The molecular weight excluding hydrogens is 388 g/mol. The molecule has 0 aliphatic heterocycles. The van der Waals surface area contributed by atoms with Gasteiger partial charge in [-0.15, -0.1) is 0 Å². The van der Waals surface area contributed by atoms with Gasteiger partial charge in [0.05, 0.1) is 5.56 Å². The fourth-order valence-corrected chi connectivity index (χ4v) is 3.64. The van der Waals surface area contributed by atoms with Crippen LogP contribution in [0.2, 0.25) is 0 Å². The molecule has 0 saturated carbocycles. The number of hydrogen-bond donors (Lipinski definition) is 1. The van der Waals surface area contributed by atoms with Crippen LogP contribution < -0.4 is 9.47 Å². The van der Waals surface area contributed by atoms with E-state index in [1.165, 1.54) is 0 Å². The van der Waals surface area contributed by atoms with Crippen molar-refractivity contribution in [3.63, 3.8) is 0 Å². The van der Waals surface area contributed by atoms with Gasteiger partial charge in [-0.1, -0.05) is 78.9 Å². The predicted molar refractivity (Wildman–Crippen MR) is 121 cm³/mol. The van der Waals surface area contributed by atoms with Crippen LogP contribution >= 0.6 is 0 Å². The summed E-state index contributed by atoms with van der Waals surface area (Å²) in [5, 5.41) is 13.7. The van der Waals surface area contributed by atoms with Gasteiger partial charge in [-0.05, 0) is 29.0 Å². The van der Waals surface area contributed by atoms with Gasteiger partial charge >= 0.3 is 5.97 Å². The number of ether oxygens (including phenoxy) is 2. The quantitative estimate of drug-likeness (QED) is 0.266. The Morgan fingerprint density at radius 3 is 2.10 bits per heavy atom. The lowest BCUT2D eigenvalue weighted by Gasteiger charge is -2.14. The van der Waals surface area contributed by atoms with Crippen molar-refractivity contribution in [2.45, 2.75) is 0 Å². The zero-order valence-corrected chi connectivity index (χ0v) is 16.5. The average Bonchev–Trinajstić information content (AvgIpc) is 2.82. The van der Waals surface area contributed by atoms with Gasteiger partial charge < -0.3 is 14.6 Å². The molecule has 1 N–H and O–H groups in total. The van der Waals surface area contributed by atoms with Gasteiger partial charge in [0.25, 0.3) is 0 Å². The highest BCUT2D eigenvalue weighted by Gasteiger charge is 2.18. The highest BCUT2D eigenvalue weighted by molar-refractivity contribution is 6.06. The fourth-order valence-electron chi connectivity index (χ4n) is 3.64. The van der Waals surface area contributed by atoms with Crippen molar-refractivity contribution in [3.8, 4) is 23.0 Å². The molecule has 0 amide bonds. The van der Waals surface area contributed by atoms with E-state index in [1.54, 1.807) is 36.4 Å². The third-order valence-electron chi connectivity index (χ3n) is 5.13. The average molecular weight is 406 g/mol. The largest absolute Gasteiger partial charge is 0.504 e. The molecule has 0 heterocycles. The van der Waals surface area contributed by atoms with E-state index >= 15 is 0 Å². The van der Waals surface area contributed by atoms with E-state index in [9.17, 15) is 9.90 Å². The van der Waals surface area contributed by atoms with E-state index in [4.69, 9.17) is 9.47 Å². The number of esters is 1. The van der Waals surface area contributed by atoms with E-state index in [0.717, 1.165) is 10.8 Å². The number of benzene rings is 5. The number of para-hydroxylation sites is 1. The summed E-state index contributed by atoms with van der Waals surface area (Å²) < 4.78 is 11.7. The zero-order valence-electron chi connectivity index (χ0n) is 16.5. The molecular formula is C27H18O4. The van der Waals surface area contributed by atoms with Crippen molar-refractivity contribution < 1.29 is 19.4 Å². The van der Waals surface area contributed by atoms with Crippen LogP contribution in [0.5, 0.6) is 23.0 Å². The van der Waals surface area contributed by atoms with Crippen LogP contribution in [-0.2, 0) is 0 Å². The molecule has 150 valence electrons. The van der Waals surface area contributed by atoms with Crippen LogP contribution in [0.3, 0.4) is 0 Å². The summed E-state index contributed by atoms with van der Waals surface area (Å²) in [6.07, 6.45) is 0. The highest BCUT2D eigenvalue weighted by atomic mass is 16.5. The zero-order chi connectivity index (χ0) is 21.2. The van der Waals surface area contributed by atoms with Crippen molar-refractivity contribution in [2.75, 3.05) is 0 Å². The lowest BCUT2D eigenvalue weighted by atomic mass is 10.0. The van der Waals surface area contributed by atoms with Crippen molar-refractivity contribution in [1.29, 1.82) is 0 Å². The summed E-state index contributed by atoms with van der Waals surface area (Å²) in [5.41, 5.74) is 0.473. The Kier molecular flexibility index (Phi) is 4.73.